The van der Waals surface area contributed by atoms with Crippen LogP contribution in [0.3, 0.4) is 0 Å². The van der Waals surface area contributed by atoms with Crippen molar-refractivity contribution in [2.45, 2.75) is 38.1 Å². The van der Waals surface area contributed by atoms with E-state index < -0.39 is 0 Å². The van der Waals surface area contributed by atoms with Crippen molar-refractivity contribution in [3.8, 4) is 0 Å². The Labute approximate surface area is 159 Å². The molecule has 0 spiro atoms. The Morgan fingerprint density at radius 2 is 2.15 bits per heavy atom. The third-order valence-electron chi connectivity index (χ3n) is 5.43. The zero-order valence-electron chi connectivity index (χ0n) is 15.7. The Bertz CT molecular complexity index is 786. The average Bonchev–Trinajstić information content (AvgIpc) is 2.74. The van der Waals surface area contributed by atoms with E-state index in [1.165, 1.54) is 0 Å². The summed E-state index contributed by atoms with van der Waals surface area (Å²) in [5, 5.41) is 6.62. The molecule has 1 amide bonds. The molecule has 0 aromatic carbocycles. The molecule has 0 atom stereocenters. The number of nitrogens with zero attached hydrogens (tertiary/aromatic N) is 4. The van der Waals surface area contributed by atoms with Crippen LogP contribution in [-0.4, -0.2) is 52.4 Å². The minimum atomic E-state index is 0.101. The summed E-state index contributed by atoms with van der Waals surface area (Å²) in [7, 11) is 1.89. The van der Waals surface area contributed by atoms with E-state index in [1.54, 1.807) is 6.20 Å². The predicted octanol–water partition coefficient (Wildman–Crippen LogP) is 1.51. The van der Waals surface area contributed by atoms with Crippen LogP contribution >= 0.6 is 0 Å². The summed E-state index contributed by atoms with van der Waals surface area (Å²) in [6.07, 6.45) is 4.99. The van der Waals surface area contributed by atoms with Crippen LogP contribution in [0.15, 0.2) is 24.4 Å². The Morgan fingerprint density at radius 3 is 2.89 bits per heavy atom. The van der Waals surface area contributed by atoms with E-state index in [-0.39, 0.29) is 5.91 Å². The molecular weight excluding hydrogens is 340 g/mol. The molecule has 0 bridgehead atoms. The molecule has 27 heavy (non-hydrogen) atoms. The third kappa shape index (κ3) is 3.93. The summed E-state index contributed by atoms with van der Waals surface area (Å²) in [6, 6.07) is 5.67. The summed E-state index contributed by atoms with van der Waals surface area (Å²) in [5.74, 6) is 2.34. The van der Waals surface area contributed by atoms with Crippen LogP contribution in [-0.2, 0) is 24.2 Å². The van der Waals surface area contributed by atoms with Crippen molar-refractivity contribution >= 4 is 11.7 Å². The first kappa shape index (κ1) is 17.9. The SMILES string of the molecule is CNc1nc(C2CCNCC2)nc2c1CN(C(=O)Cc1ccccn1)CC2. The van der Waals surface area contributed by atoms with Gasteiger partial charge in [0.2, 0.25) is 5.91 Å². The number of carbonyl (C=O) groups is 1. The highest BCUT2D eigenvalue weighted by Gasteiger charge is 2.27. The normalized spacial score (nSPS) is 17.4. The van der Waals surface area contributed by atoms with Crippen LogP contribution < -0.4 is 10.6 Å². The topological polar surface area (TPSA) is 83.0 Å². The number of aromatic nitrogens is 3. The quantitative estimate of drug-likeness (QED) is 0.853. The van der Waals surface area contributed by atoms with E-state index in [2.05, 4.69) is 15.6 Å². The minimum Gasteiger partial charge on any atom is -0.373 e. The summed E-state index contributed by atoms with van der Waals surface area (Å²) >= 11 is 0. The van der Waals surface area contributed by atoms with Gasteiger partial charge in [-0.1, -0.05) is 6.07 Å². The molecule has 142 valence electrons. The molecule has 2 aliphatic heterocycles. The molecule has 2 aliphatic rings. The number of anilines is 1. The second kappa shape index (κ2) is 8.00. The number of piperidine rings is 1. The van der Waals surface area contributed by atoms with E-state index in [9.17, 15) is 4.79 Å². The highest BCUT2D eigenvalue weighted by molar-refractivity contribution is 5.78. The molecule has 4 heterocycles. The monoisotopic (exact) mass is 366 g/mol. The van der Waals surface area contributed by atoms with Crippen molar-refractivity contribution in [3.05, 3.63) is 47.2 Å². The molecule has 7 nitrogen and oxygen atoms in total. The Kier molecular flexibility index (Phi) is 5.29. The fourth-order valence-corrected chi connectivity index (χ4v) is 3.88. The van der Waals surface area contributed by atoms with E-state index in [1.807, 2.05) is 30.1 Å². The number of carbonyl (C=O) groups excluding carboxylic acids is 1. The first-order chi connectivity index (χ1) is 13.2. The maximum atomic E-state index is 12.7. The van der Waals surface area contributed by atoms with Crippen LogP contribution in [0.25, 0.3) is 0 Å². The second-order valence-electron chi connectivity index (χ2n) is 7.19. The fraction of sp³-hybridized carbons (Fsp3) is 0.500. The number of fused-ring (bicyclic) bond motifs is 1. The van der Waals surface area contributed by atoms with Crippen molar-refractivity contribution in [1.82, 2.24) is 25.2 Å². The van der Waals surface area contributed by atoms with Crippen molar-refractivity contribution in [1.29, 1.82) is 0 Å². The summed E-state index contributed by atoms with van der Waals surface area (Å²) in [5.41, 5.74) is 2.94. The van der Waals surface area contributed by atoms with E-state index >= 15 is 0 Å². The van der Waals surface area contributed by atoms with Gasteiger partial charge in [0.25, 0.3) is 0 Å². The number of hydrogen-bond donors (Lipinski definition) is 2. The number of nitrogens with one attached hydrogen (secondary N) is 2. The number of hydrogen-bond acceptors (Lipinski definition) is 6. The van der Waals surface area contributed by atoms with Gasteiger partial charge in [0, 0.05) is 43.4 Å². The van der Waals surface area contributed by atoms with Crippen molar-refractivity contribution < 1.29 is 4.79 Å². The van der Waals surface area contributed by atoms with Gasteiger partial charge in [-0.2, -0.15) is 0 Å². The molecule has 0 saturated carbocycles. The van der Waals surface area contributed by atoms with Crippen LogP contribution in [0.1, 0.15) is 41.5 Å². The van der Waals surface area contributed by atoms with Gasteiger partial charge in [0.05, 0.1) is 18.7 Å². The van der Waals surface area contributed by atoms with E-state index in [0.717, 1.165) is 60.9 Å². The average molecular weight is 366 g/mol. The molecule has 2 aromatic heterocycles. The smallest absolute Gasteiger partial charge is 0.228 e. The first-order valence-corrected chi connectivity index (χ1v) is 9.70. The molecule has 1 saturated heterocycles. The molecule has 0 radical (unpaired) electrons. The number of pyridine rings is 1. The lowest BCUT2D eigenvalue weighted by Crippen LogP contribution is -2.38. The lowest BCUT2D eigenvalue weighted by Gasteiger charge is -2.30. The zero-order valence-corrected chi connectivity index (χ0v) is 15.7. The molecule has 1 fully saturated rings. The molecule has 2 N–H and O–H groups in total. The molecule has 4 rings (SSSR count). The standard InChI is InChI=1S/C20H26N6O/c1-21-20-16-13-26(18(27)12-15-4-2-3-8-23-15)11-7-17(16)24-19(25-20)14-5-9-22-10-6-14/h2-4,8,14,22H,5-7,9-13H2,1H3,(H,21,24,25). The van der Waals surface area contributed by atoms with Crippen molar-refractivity contribution in [2.75, 3.05) is 32.0 Å². The van der Waals surface area contributed by atoms with E-state index in [4.69, 9.17) is 9.97 Å². The summed E-state index contributed by atoms with van der Waals surface area (Å²) in [6.45, 7) is 3.31. The molecular formula is C20H26N6O. The Hall–Kier alpha value is -2.54. The largest absolute Gasteiger partial charge is 0.373 e. The van der Waals surface area contributed by atoms with Gasteiger partial charge in [0.15, 0.2) is 0 Å². The van der Waals surface area contributed by atoms with E-state index in [0.29, 0.717) is 25.4 Å². The van der Waals surface area contributed by atoms with Gasteiger partial charge in [0.1, 0.15) is 11.6 Å². The second-order valence-corrected chi connectivity index (χ2v) is 7.19. The predicted molar refractivity (Wildman–Crippen MR) is 103 cm³/mol. The zero-order chi connectivity index (χ0) is 18.6. The lowest BCUT2D eigenvalue weighted by atomic mass is 9.96. The van der Waals surface area contributed by atoms with Crippen LogP contribution in [0, 0.1) is 0 Å². The molecule has 2 aromatic rings. The first-order valence-electron chi connectivity index (χ1n) is 9.70. The fourth-order valence-electron chi connectivity index (χ4n) is 3.88. The van der Waals surface area contributed by atoms with Crippen LogP contribution in [0.2, 0.25) is 0 Å². The van der Waals surface area contributed by atoms with Crippen molar-refractivity contribution in [3.63, 3.8) is 0 Å². The van der Waals surface area contributed by atoms with Crippen LogP contribution in [0.5, 0.6) is 0 Å². The van der Waals surface area contributed by atoms with Gasteiger partial charge >= 0.3 is 0 Å². The maximum absolute atomic E-state index is 12.7. The van der Waals surface area contributed by atoms with Gasteiger partial charge in [-0.25, -0.2) is 9.97 Å². The van der Waals surface area contributed by atoms with Gasteiger partial charge < -0.3 is 15.5 Å². The number of amides is 1. The van der Waals surface area contributed by atoms with Gasteiger partial charge in [-0.05, 0) is 38.1 Å². The van der Waals surface area contributed by atoms with Crippen molar-refractivity contribution in [2.24, 2.45) is 0 Å². The summed E-state index contributed by atoms with van der Waals surface area (Å²) in [4.78, 5) is 28.6. The Balaban J connectivity index is 1.52. The molecule has 7 heteroatoms. The summed E-state index contributed by atoms with van der Waals surface area (Å²) < 4.78 is 0. The Morgan fingerprint density at radius 1 is 1.30 bits per heavy atom. The minimum absolute atomic E-state index is 0.101. The molecule has 0 unspecified atom stereocenters. The maximum Gasteiger partial charge on any atom is 0.228 e. The highest BCUT2D eigenvalue weighted by Crippen LogP contribution is 2.29. The van der Waals surface area contributed by atoms with Gasteiger partial charge in [-0.15, -0.1) is 0 Å². The lowest BCUT2D eigenvalue weighted by molar-refractivity contribution is -0.131. The van der Waals surface area contributed by atoms with Gasteiger partial charge in [-0.3, -0.25) is 9.78 Å². The third-order valence-corrected chi connectivity index (χ3v) is 5.43. The number of rotatable bonds is 4. The van der Waals surface area contributed by atoms with Crippen LogP contribution in [0.4, 0.5) is 5.82 Å². The highest BCUT2D eigenvalue weighted by atomic mass is 16.2. The molecule has 0 aliphatic carbocycles.